The average molecular weight is 301 g/mol. The van der Waals surface area contributed by atoms with Crippen molar-refractivity contribution < 1.29 is 17.9 Å². The minimum absolute atomic E-state index is 0.0492. The van der Waals surface area contributed by atoms with E-state index >= 15 is 0 Å². The number of sulfone groups is 1. The SMILES string of the molecule is CNC(CS(=O)(=O)CCCOC)c1ccccc1OC. The Kier molecular flexibility index (Phi) is 6.98. The maximum atomic E-state index is 12.1. The van der Waals surface area contributed by atoms with Gasteiger partial charge in [-0.2, -0.15) is 0 Å². The first-order chi connectivity index (χ1) is 9.54. The van der Waals surface area contributed by atoms with Gasteiger partial charge in [0, 0.05) is 25.3 Å². The van der Waals surface area contributed by atoms with Crippen LogP contribution in [0.25, 0.3) is 0 Å². The van der Waals surface area contributed by atoms with Crippen molar-refractivity contribution in [3.05, 3.63) is 29.8 Å². The summed E-state index contributed by atoms with van der Waals surface area (Å²) in [6, 6.07) is 7.17. The van der Waals surface area contributed by atoms with Crippen LogP contribution in [0.3, 0.4) is 0 Å². The molecule has 114 valence electrons. The lowest BCUT2D eigenvalue weighted by Crippen LogP contribution is -2.27. The Balaban J connectivity index is 2.81. The summed E-state index contributed by atoms with van der Waals surface area (Å²) < 4.78 is 34.4. The molecule has 0 fully saturated rings. The second-order valence-corrected chi connectivity index (χ2v) is 6.77. The summed E-state index contributed by atoms with van der Waals surface area (Å²) in [6.07, 6.45) is 0.515. The molecule has 0 spiro atoms. The van der Waals surface area contributed by atoms with Crippen LogP contribution in [0.1, 0.15) is 18.0 Å². The number of methoxy groups -OCH3 is 2. The molecule has 20 heavy (non-hydrogen) atoms. The highest BCUT2D eigenvalue weighted by molar-refractivity contribution is 7.91. The molecule has 1 unspecified atom stereocenters. The van der Waals surface area contributed by atoms with Gasteiger partial charge in [-0.05, 0) is 19.5 Å². The van der Waals surface area contributed by atoms with Gasteiger partial charge in [0.25, 0.3) is 0 Å². The monoisotopic (exact) mass is 301 g/mol. The largest absolute Gasteiger partial charge is 0.496 e. The Morgan fingerprint density at radius 2 is 1.95 bits per heavy atom. The average Bonchev–Trinajstić information content (AvgIpc) is 2.45. The molecule has 0 aliphatic heterocycles. The van der Waals surface area contributed by atoms with Crippen LogP contribution in [0.15, 0.2) is 24.3 Å². The van der Waals surface area contributed by atoms with E-state index in [1.165, 1.54) is 0 Å². The van der Waals surface area contributed by atoms with Gasteiger partial charge in [-0.15, -0.1) is 0 Å². The fourth-order valence-corrected chi connectivity index (χ4v) is 3.62. The van der Waals surface area contributed by atoms with Crippen LogP contribution < -0.4 is 10.1 Å². The molecular formula is C14H23NO4S. The van der Waals surface area contributed by atoms with Crippen molar-refractivity contribution in [1.82, 2.24) is 5.32 Å². The molecule has 1 aromatic carbocycles. The maximum Gasteiger partial charge on any atom is 0.152 e. The number of ether oxygens (including phenoxy) is 2. The van der Waals surface area contributed by atoms with E-state index in [0.29, 0.717) is 18.8 Å². The number of rotatable bonds is 9. The zero-order valence-corrected chi connectivity index (χ0v) is 13.1. The quantitative estimate of drug-likeness (QED) is 0.699. The number of benzene rings is 1. The van der Waals surface area contributed by atoms with E-state index in [4.69, 9.17) is 9.47 Å². The highest BCUT2D eigenvalue weighted by Crippen LogP contribution is 2.25. The van der Waals surface area contributed by atoms with Crippen LogP contribution in [-0.4, -0.2) is 47.8 Å². The Morgan fingerprint density at radius 3 is 2.55 bits per heavy atom. The molecule has 0 amide bonds. The van der Waals surface area contributed by atoms with Gasteiger partial charge in [-0.25, -0.2) is 8.42 Å². The van der Waals surface area contributed by atoms with Crippen molar-refractivity contribution in [3.8, 4) is 5.75 Å². The highest BCUT2D eigenvalue weighted by Gasteiger charge is 2.21. The van der Waals surface area contributed by atoms with E-state index in [0.717, 1.165) is 5.56 Å². The molecular weight excluding hydrogens is 278 g/mol. The predicted octanol–water partition coefficient (Wildman–Crippen LogP) is 1.41. The van der Waals surface area contributed by atoms with Crippen LogP contribution in [0.2, 0.25) is 0 Å². The first-order valence-electron chi connectivity index (χ1n) is 6.53. The molecule has 0 heterocycles. The zero-order valence-electron chi connectivity index (χ0n) is 12.3. The minimum Gasteiger partial charge on any atom is -0.496 e. The van der Waals surface area contributed by atoms with Crippen molar-refractivity contribution in [2.24, 2.45) is 0 Å². The van der Waals surface area contributed by atoms with Gasteiger partial charge in [-0.1, -0.05) is 18.2 Å². The Labute approximate surface area is 121 Å². The molecule has 0 aromatic heterocycles. The molecule has 1 atom stereocenters. The van der Waals surface area contributed by atoms with Crippen LogP contribution in [0.4, 0.5) is 0 Å². The van der Waals surface area contributed by atoms with E-state index in [1.807, 2.05) is 24.3 Å². The van der Waals surface area contributed by atoms with Gasteiger partial charge < -0.3 is 14.8 Å². The van der Waals surface area contributed by atoms with Crippen molar-refractivity contribution >= 4 is 9.84 Å². The standard InChI is InChI=1S/C14H23NO4S/c1-15-13(11-20(16,17)10-6-9-18-2)12-7-4-5-8-14(12)19-3/h4-5,7-8,13,15H,6,9-11H2,1-3H3. The summed E-state index contributed by atoms with van der Waals surface area (Å²) in [5.74, 6) is 0.876. The molecule has 0 aliphatic rings. The van der Waals surface area contributed by atoms with Gasteiger partial charge in [0.05, 0.1) is 18.6 Å². The number of nitrogens with one attached hydrogen (secondary N) is 1. The summed E-state index contributed by atoms with van der Waals surface area (Å²) in [5, 5.41) is 3.05. The number of hydrogen-bond acceptors (Lipinski definition) is 5. The lowest BCUT2D eigenvalue weighted by atomic mass is 10.1. The lowest BCUT2D eigenvalue weighted by molar-refractivity contribution is 0.199. The third-order valence-electron chi connectivity index (χ3n) is 3.09. The van der Waals surface area contributed by atoms with E-state index < -0.39 is 9.84 Å². The van der Waals surface area contributed by atoms with E-state index in [9.17, 15) is 8.42 Å². The lowest BCUT2D eigenvalue weighted by Gasteiger charge is -2.19. The third kappa shape index (κ3) is 5.11. The van der Waals surface area contributed by atoms with Crippen LogP contribution in [-0.2, 0) is 14.6 Å². The molecule has 0 radical (unpaired) electrons. The summed E-state index contributed by atoms with van der Waals surface area (Å²) in [7, 11) is 1.76. The molecule has 1 N–H and O–H groups in total. The second kappa shape index (κ2) is 8.24. The van der Waals surface area contributed by atoms with Crippen LogP contribution in [0, 0.1) is 0 Å². The van der Waals surface area contributed by atoms with Crippen molar-refractivity contribution in [2.75, 3.05) is 39.4 Å². The number of hydrogen-bond donors (Lipinski definition) is 1. The van der Waals surface area contributed by atoms with E-state index in [-0.39, 0.29) is 17.5 Å². The second-order valence-electron chi connectivity index (χ2n) is 4.54. The van der Waals surface area contributed by atoms with Crippen LogP contribution >= 0.6 is 0 Å². The molecule has 0 bridgehead atoms. The minimum atomic E-state index is -3.14. The topological polar surface area (TPSA) is 64.6 Å². The van der Waals surface area contributed by atoms with Gasteiger partial charge in [0.1, 0.15) is 5.75 Å². The fourth-order valence-electron chi connectivity index (χ4n) is 2.04. The summed E-state index contributed by atoms with van der Waals surface area (Å²) in [4.78, 5) is 0. The molecule has 1 aromatic rings. The highest BCUT2D eigenvalue weighted by atomic mass is 32.2. The first kappa shape index (κ1) is 16.9. The summed E-state index contributed by atoms with van der Waals surface area (Å²) in [5.41, 5.74) is 0.854. The van der Waals surface area contributed by atoms with Crippen molar-refractivity contribution in [2.45, 2.75) is 12.5 Å². The van der Waals surface area contributed by atoms with E-state index in [1.54, 1.807) is 21.3 Å². The molecule has 0 saturated carbocycles. The van der Waals surface area contributed by atoms with Crippen molar-refractivity contribution in [1.29, 1.82) is 0 Å². The van der Waals surface area contributed by atoms with Crippen molar-refractivity contribution in [3.63, 3.8) is 0 Å². The fraction of sp³-hybridized carbons (Fsp3) is 0.571. The number of para-hydroxylation sites is 1. The van der Waals surface area contributed by atoms with E-state index in [2.05, 4.69) is 5.32 Å². The molecule has 0 aliphatic carbocycles. The van der Waals surface area contributed by atoms with Gasteiger partial charge in [0.2, 0.25) is 0 Å². The van der Waals surface area contributed by atoms with Crippen LogP contribution in [0.5, 0.6) is 5.75 Å². The first-order valence-corrected chi connectivity index (χ1v) is 8.35. The third-order valence-corrected chi connectivity index (χ3v) is 4.84. The maximum absolute atomic E-state index is 12.1. The Hall–Kier alpha value is -1.11. The Bertz CT molecular complexity index is 502. The van der Waals surface area contributed by atoms with Gasteiger partial charge >= 0.3 is 0 Å². The molecule has 5 nitrogen and oxygen atoms in total. The normalized spacial score (nSPS) is 13.2. The predicted molar refractivity (Wildman–Crippen MR) is 79.9 cm³/mol. The zero-order chi connectivity index (χ0) is 15.0. The van der Waals surface area contributed by atoms with Gasteiger partial charge in [0.15, 0.2) is 9.84 Å². The molecule has 0 saturated heterocycles. The van der Waals surface area contributed by atoms with Gasteiger partial charge in [-0.3, -0.25) is 0 Å². The summed E-state index contributed by atoms with van der Waals surface area (Å²) in [6.45, 7) is 0.456. The summed E-state index contributed by atoms with van der Waals surface area (Å²) >= 11 is 0. The Morgan fingerprint density at radius 1 is 1.25 bits per heavy atom. The molecule has 1 rings (SSSR count). The smallest absolute Gasteiger partial charge is 0.152 e. The molecule has 6 heteroatoms.